The van der Waals surface area contributed by atoms with Crippen LogP contribution in [0.5, 0.6) is 0 Å². The Morgan fingerprint density at radius 1 is 1.11 bits per heavy atom. The molecule has 19 heavy (non-hydrogen) atoms. The van der Waals surface area contributed by atoms with Gasteiger partial charge in [0.1, 0.15) is 12.4 Å². The van der Waals surface area contributed by atoms with E-state index in [2.05, 4.69) is 20.1 Å². The van der Waals surface area contributed by atoms with Gasteiger partial charge >= 0.3 is 0 Å². The normalized spacial score (nSPS) is 13.5. The highest BCUT2D eigenvalue weighted by molar-refractivity contribution is 6.30. The number of anilines is 1. The fourth-order valence-corrected chi connectivity index (χ4v) is 2.23. The van der Waals surface area contributed by atoms with Gasteiger partial charge in [-0.2, -0.15) is 0 Å². The van der Waals surface area contributed by atoms with E-state index in [0.29, 0.717) is 11.8 Å². The molecule has 1 aliphatic rings. The second-order valence-electron chi connectivity index (χ2n) is 4.22. The highest BCUT2D eigenvalue weighted by atomic mass is 35.5. The molecule has 1 aromatic heterocycles. The van der Waals surface area contributed by atoms with Crippen molar-refractivity contribution < 1.29 is 0 Å². The van der Waals surface area contributed by atoms with E-state index in [0.717, 1.165) is 28.5 Å². The monoisotopic (exact) mass is 292 g/mol. The first-order valence-corrected chi connectivity index (χ1v) is 6.50. The lowest BCUT2D eigenvalue weighted by Crippen LogP contribution is -2.27. The van der Waals surface area contributed by atoms with Gasteiger partial charge in [-0.15, -0.1) is 10.2 Å². The summed E-state index contributed by atoms with van der Waals surface area (Å²) < 4.78 is 0. The molecule has 0 saturated heterocycles. The summed E-state index contributed by atoms with van der Waals surface area (Å²) in [5.74, 6) is 0. The lowest BCUT2D eigenvalue weighted by molar-refractivity contribution is 0.793. The summed E-state index contributed by atoms with van der Waals surface area (Å²) in [6, 6.07) is 9.56. The van der Waals surface area contributed by atoms with Crippen molar-refractivity contribution in [3.63, 3.8) is 0 Å². The van der Waals surface area contributed by atoms with Crippen LogP contribution in [0.4, 0.5) is 5.69 Å². The van der Waals surface area contributed by atoms with E-state index in [1.54, 1.807) is 6.21 Å². The minimum atomic E-state index is 0.384. The van der Waals surface area contributed by atoms with Crippen LogP contribution in [0, 0.1) is 0 Å². The lowest BCUT2D eigenvalue weighted by Gasteiger charge is -2.26. The third-order valence-corrected chi connectivity index (χ3v) is 3.30. The van der Waals surface area contributed by atoms with Crippen molar-refractivity contribution in [2.24, 2.45) is 4.99 Å². The summed E-state index contributed by atoms with van der Waals surface area (Å²) in [6.07, 6.45) is 1.72. The summed E-state index contributed by atoms with van der Waals surface area (Å²) in [7, 11) is 0. The zero-order valence-electron chi connectivity index (χ0n) is 9.92. The van der Waals surface area contributed by atoms with Gasteiger partial charge in [0.05, 0.1) is 11.9 Å². The van der Waals surface area contributed by atoms with Crippen molar-refractivity contribution in [3.8, 4) is 0 Å². The van der Waals surface area contributed by atoms with E-state index in [-0.39, 0.29) is 0 Å². The largest absolute Gasteiger partial charge is 0.346 e. The number of aliphatic imine (C=N–C) groups is 1. The van der Waals surface area contributed by atoms with Crippen LogP contribution in [0.2, 0.25) is 10.2 Å². The fourth-order valence-electron chi connectivity index (χ4n) is 1.96. The summed E-state index contributed by atoms with van der Waals surface area (Å²) in [5, 5.41) is 8.97. The first-order valence-electron chi connectivity index (χ1n) is 5.75. The Bertz CT molecular complexity index is 625. The number of nitrogens with zero attached hydrogens (tertiary/aromatic N) is 4. The molecule has 0 N–H and O–H groups in total. The average molecular weight is 293 g/mol. The molecule has 0 unspecified atom stereocenters. The second-order valence-corrected chi connectivity index (χ2v) is 5.04. The predicted octanol–water partition coefficient (Wildman–Crippen LogP) is 3.18. The summed E-state index contributed by atoms with van der Waals surface area (Å²) in [4.78, 5) is 6.37. The van der Waals surface area contributed by atoms with Crippen molar-refractivity contribution in [1.29, 1.82) is 0 Å². The minimum absolute atomic E-state index is 0.384. The van der Waals surface area contributed by atoms with Crippen molar-refractivity contribution in [2.75, 3.05) is 11.6 Å². The summed E-state index contributed by atoms with van der Waals surface area (Å²) in [5.41, 5.74) is 2.84. The van der Waals surface area contributed by atoms with Gasteiger partial charge in [0, 0.05) is 17.6 Å². The summed E-state index contributed by atoms with van der Waals surface area (Å²) >= 11 is 11.8. The molecule has 1 aliphatic heterocycles. The van der Waals surface area contributed by atoms with Gasteiger partial charge in [-0.3, -0.25) is 4.99 Å². The number of hydrogen-bond acceptors (Lipinski definition) is 4. The van der Waals surface area contributed by atoms with Gasteiger partial charge in [0.25, 0.3) is 0 Å². The van der Waals surface area contributed by atoms with E-state index < -0.39 is 0 Å². The number of benzene rings is 1. The molecule has 0 spiro atoms. The Morgan fingerprint density at radius 2 is 1.89 bits per heavy atom. The molecule has 0 fully saturated rings. The van der Waals surface area contributed by atoms with Gasteiger partial charge in [0.15, 0.2) is 5.15 Å². The molecule has 0 saturated carbocycles. The number of rotatable bonds is 2. The maximum absolute atomic E-state index is 5.90. The lowest BCUT2D eigenvalue weighted by atomic mass is 10.2. The predicted molar refractivity (Wildman–Crippen MR) is 77.1 cm³/mol. The van der Waals surface area contributed by atoms with Crippen molar-refractivity contribution in [2.45, 2.75) is 6.54 Å². The molecule has 0 amide bonds. The molecule has 96 valence electrons. The van der Waals surface area contributed by atoms with Gasteiger partial charge in [-0.05, 0) is 17.7 Å². The first-order chi connectivity index (χ1) is 9.22. The Kier molecular flexibility index (Phi) is 3.36. The van der Waals surface area contributed by atoms with Gasteiger partial charge in [-0.25, -0.2) is 0 Å². The minimum Gasteiger partial charge on any atom is -0.346 e. The van der Waals surface area contributed by atoms with Gasteiger partial charge in [-0.1, -0.05) is 35.3 Å². The SMILES string of the molecule is Clc1ccc(CN2CN=Cc3nnc(Cl)cc32)cc1. The number of hydrogen-bond donors (Lipinski definition) is 0. The number of halogens is 2. The Balaban J connectivity index is 1.89. The molecule has 3 rings (SSSR count). The quantitative estimate of drug-likeness (QED) is 0.854. The highest BCUT2D eigenvalue weighted by Crippen LogP contribution is 2.24. The van der Waals surface area contributed by atoms with Gasteiger partial charge < -0.3 is 4.90 Å². The second kappa shape index (κ2) is 5.15. The smallest absolute Gasteiger partial charge is 0.153 e. The number of fused-ring (bicyclic) bond motifs is 1. The topological polar surface area (TPSA) is 41.4 Å². The molecule has 0 bridgehead atoms. The molecular weight excluding hydrogens is 283 g/mol. The molecule has 2 aromatic rings. The van der Waals surface area contributed by atoms with Crippen LogP contribution in [0.15, 0.2) is 35.3 Å². The van der Waals surface area contributed by atoms with E-state index >= 15 is 0 Å². The van der Waals surface area contributed by atoms with E-state index in [4.69, 9.17) is 23.2 Å². The Labute approximate surface area is 120 Å². The molecule has 0 radical (unpaired) electrons. The molecule has 6 heteroatoms. The van der Waals surface area contributed by atoms with E-state index in [1.807, 2.05) is 30.3 Å². The fraction of sp³-hybridized carbons (Fsp3) is 0.154. The van der Waals surface area contributed by atoms with Crippen LogP contribution >= 0.6 is 23.2 Å². The van der Waals surface area contributed by atoms with Crippen LogP contribution in [0.25, 0.3) is 0 Å². The van der Waals surface area contributed by atoms with Crippen LogP contribution in [0.3, 0.4) is 0 Å². The third kappa shape index (κ3) is 2.69. The Hall–Kier alpha value is -1.65. The van der Waals surface area contributed by atoms with Gasteiger partial charge in [0.2, 0.25) is 0 Å². The number of aromatic nitrogens is 2. The average Bonchev–Trinajstić information content (AvgIpc) is 2.42. The molecule has 1 aromatic carbocycles. The van der Waals surface area contributed by atoms with E-state index in [9.17, 15) is 0 Å². The highest BCUT2D eigenvalue weighted by Gasteiger charge is 2.16. The van der Waals surface area contributed by atoms with Crippen LogP contribution in [-0.4, -0.2) is 23.1 Å². The van der Waals surface area contributed by atoms with Crippen molar-refractivity contribution >= 4 is 35.1 Å². The molecular formula is C13H10Cl2N4. The third-order valence-electron chi connectivity index (χ3n) is 2.86. The molecule has 2 heterocycles. The Morgan fingerprint density at radius 3 is 2.68 bits per heavy atom. The maximum atomic E-state index is 5.90. The summed E-state index contributed by atoms with van der Waals surface area (Å²) in [6.45, 7) is 1.31. The zero-order valence-corrected chi connectivity index (χ0v) is 11.4. The molecule has 0 atom stereocenters. The zero-order chi connectivity index (χ0) is 13.2. The van der Waals surface area contributed by atoms with Crippen LogP contribution in [0.1, 0.15) is 11.3 Å². The maximum Gasteiger partial charge on any atom is 0.153 e. The standard InChI is InChI=1S/C13H10Cl2N4/c14-10-3-1-9(2-4-10)7-19-8-16-6-11-12(19)5-13(15)18-17-11/h1-6H,7-8H2. The van der Waals surface area contributed by atoms with E-state index in [1.165, 1.54) is 0 Å². The van der Waals surface area contributed by atoms with Crippen molar-refractivity contribution in [3.05, 3.63) is 51.8 Å². The van der Waals surface area contributed by atoms with Crippen molar-refractivity contribution in [1.82, 2.24) is 10.2 Å². The van der Waals surface area contributed by atoms with Crippen LogP contribution in [-0.2, 0) is 6.54 Å². The molecule has 0 aliphatic carbocycles. The van der Waals surface area contributed by atoms with Crippen LogP contribution < -0.4 is 4.90 Å². The molecule has 4 nitrogen and oxygen atoms in total. The first kappa shape index (κ1) is 12.4.